The molecular formula is C54H36N2. The van der Waals surface area contributed by atoms with Gasteiger partial charge in [0, 0.05) is 32.9 Å². The molecule has 0 aliphatic rings. The number of hydrogen-bond acceptors (Lipinski definition) is 0. The summed E-state index contributed by atoms with van der Waals surface area (Å²) in [5.41, 5.74) is 16.8. The molecule has 9 aromatic carbocycles. The van der Waals surface area contributed by atoms with Gasteiger partial charge in [-0.1, -0.05) is 158 Å². The highest BCUT2D eigenvalue weighted by atomic mass is 15.0. The Morgan fingerprint density at radius 3 is 0.982 bits per heavy atom. The van der Waals surface area contributed by atoms with Crippen LogP contribution in [0.3, 0.4) is 0 Å². The van der Waals surface area contributed by atoms with Crippen molar-refractivity contribution in [2.45, 2.75) is 0 Å². The van der Waals surface area contributed by atoms with Gasteiger partial charge in [-0.05, 0) is 105 Å². The first-order valence-corrected chi connectivity index (χ1v) is 19.3. The van der Waals surface area contributed by atoms with Crippen molar-refractivity contribution in [3.63, 3.8) is 0 Å². The molecule has 0 N–H and O–H groups in total. The van der Waals surface area contributed by atoms with Gasteiger partial charge in [0.2, 0.25) is 0 Å². The van der Waals surface area contributed by atoms with Crippen LogP contribution >= 0.6 is 0 Å². The first-order chi connectivity index (χ1) is 27.8. The zero-order valence-corrected chi connectivity index (χ0v) is 30.7. The highest BCUT2D eigenvalue weighted by molar-refractivity contribution is 6.12. The molecular weight excluding hydrogens is 677 g/mol. The van der Waals surface area contributed by atoms with Crippen molar-refractivity contribution < 1.29 is 0 Å². The summed E-state index contributed by atoms with van der Waals surface area (Å²) in [7, 11) is 0. The molecule has 11 aromatic rings. The van der Waals surface area contributed by atoms with E-state index in [4.69, 9.17) is 0 Å². The van der Waals surface area contributed by atoms with Crippen LogP contribution in [-0.2, 0) is 0 Å². The molecule has 0 saturated carbocycles. The van der Waals surface area contributed by atoms with E-state index in [1.165, 1.54) is 88.1 Å². The van der Waals surface area contributed by atoms with Gasteiger partial charge in [0.15, 0.2) is 0 Å². The second-order valence-corrected chi connectivity index (χ2v) is 14.5. The Balaban J connectivity index is 1.08. The second-order valence-electron chi connectivity index (χ2n) is 14.5. The second kappa shape index (κ2) is 13.2. The minimum absolute atomic E-state index is 1.13. The molecule has 0 fully saturated rings. The van der Waals surface area contributed by atoms with E-state index in [-0.39, 0.29) is 0 Å². The van der Waals surface area contributed by atoms with Crippen molar-refractivity contribution in [3.05, 3.63) is 218 Å². The summed E-state index contributed by atoms with van der Waals surface area (Å²) in [6.45, 7) is 0. The maximum absolute atomic E-state index is 2.41. The van der Waals surface area contributed by atoms with Gasteiger partial charge >= 0.3 is 0 Å². The molecule has 56 heavy (non-hydrogen) atoms. The predicted octanol–water partition coefficient (Wildman–Crippen LogP) is 14.5. The third kappa shape index (κ3) is 5.19. The van der Waals surface area contributed by atoms with Gasteiger partial charge in [-0.3, -0.25) is 0 Å². The van der Waals surface area contributed by atoms with Gasteiger partial charge in [-0.15, -0.1) is 0 Å². The van der Waals surface area contributed by atoms with Gasteiger partial charge in [0.05, 0.1) is 22.1 Å². The molecule has 0 unspecified atom stereocenters. The molecule has 0 radical (unpaired) electrons. The minimum atomic E-state index is 1.13. The summed E-state index contributed by atoms with van der Waals surface area (Å²) in [6.07, 6.45) is 0. The number of fused-ring (bicyclic) bond motifs is 6. The van der Waals surface area contributed by atoms with Crippen LogP contribution in [0.4, 0.5) is 0 Å². The Morgan fingerprint density at radius 2 is 0.536 bits per heavy atom. The van der Waals surface area contributed by atoms with Crippen molar-refractivity contribution in [1.82, 2.24) is 9.13 Å². The van der Waals surface area contributed by atoms with Crippen LogP contribution in [0, 0.1) is 0 Å². The molecule has 11 rings (SSSR count). The number of benzene rings is 9. The summed E-state index contributed by atoms with van der Waals surface area (Å²) in [5, 5.41) is 5.02. The molecule has 2 aromatic heterocycles. The number of nitrogens with zero attached hydrogens (tertiary/aromatic N) is 2. The summed E-state index contributed by atoms with van der Waals surface area (Å²) in [4.78, 5) is 0. The van der Waals surface area contributed by atoms with Crippen LogP contribution in [0.2, 0.25) is 0 Å². The maximum atomic E-state index is 2.41. The zero-order valence-electron chi connectivity index (χ0n) is 30.7. The summed E-state index contributed by atoms with van der Waals surface area (Å²) < 4.78 is 4.82. The van der Waals surface area contributed by atoms with E-state index in [1.807, 2.05) is 0 Å². The molecule has 0 aliphatic heterocycles. The van der Waals surface area contributed by atoms with Gasteiger partial charge in [0.25, 0.3) is 0 Å². The monoisotopic (exact) mass is 712 g/mol. The topological polar surface area (TPSA) is 9.86 Å². The Morgan fingerprint density at radius 1 is 0.214 bits per heavy atom. The van der Waals surface area contributed by atoms with E-state index >= 15 is 0 Å². The number of hydrogen-bond donors (Lipinski definition) is 0. The lowest BCUT2D eigenvalue weighted by atomic mass is 9.85. The van der Waals surface area contributed by atoms with Crippen molar-refractivity contribution >= 4 is 43.6 Å². The Bertz CT molecular complexity index is 3150. The SMILES string of the molecule is c1ccc(-c2cc(-c3ccccc3)c(-c3ccc(-n4c5ccccc5c5cc(-n6c7ccccc7c7ccccc76)ccc54)cc3)cc2-c2ccccc2)cc1. The molecule has 0 aliphatic carbocycles. The molecule has 2 heteroatoms. The van der Waals surface area contributed by atoms with Gasteiger partial charge in [-0.25, -0.2) is 0 Å². The maximum Gasteiger partial charge on any atom is 0.0542 e. The molecule has 0 atom stereocenters. The lowest BCUT2D eigenvalue weighted by molar-refractivity contribution is 1.17. The Hall–Kier alpha value is -7.42. The fourth-order valence-electron chi connectivity index (χ4n) is 8.78. The van der Waals surface area contributed by atoms with E-state index in [0.29, 0.717) is 0 Å². The van der Waals surface area contributed by atoms with Crippen molar-refractivity contribution in [2.24, 2.45) is 0 Å². The average molecular weight is 713 g/mol. The van der Waals surface area contributed by atoms with Crippen LogP contribution < -0.4 is 0 Å². The third-order valence-corrected chi connectivity index (χ3v) is 11.3. The fourth-order valence-corrected chi connectivity index (χ4v) is 8.78. The van der Waals surface area contributed by atoms with Crippen LogP contribution in [0.1, 0.15) is 0 Å². The summed E-state index contributed by atoms with van der Waals surface area (Å²) in [5.74, 6) is 0. The van der Waals surface area contributed by atoms with Crippen LogP contribution in [0.5, 0.6) is 0 Å². The summed E-state index contributed by atoms with van der Waals surface area (Å²) in [6, 6.07) is 79.4. The van der Waals surface area contributed by atoms with Crippen LogP contribution in [0.25, 0.3) is 99.5 Å². The fraction of sp³-hybridized carbons (Fsp3) is 0. The van der Waals surface area contributed by atoms with E-state index in [2.05, 4.69) is 228 Å². The molecule has 0 spiro atoms. The largest absolute Gasteiger partial charge is 0.309 e. The van der Waals surface area contributed by atoms with Crippen molar-refractivity contribution in [1.29, 1.82) is 0 Å². The standard InChI is InChI=1S/C54H36N2/c1-4-16-37(17-5-1)46-35-48(39-20-8-3-9-21-39)49(36-47(46)38-18-6-2-7-19-38)40-28-30-41(31-29-40)55-53-27-15-12-24-45(53)50-34-42(32-33-54(50)55)56-51-25-13-10-22-43(51)44-23-11-14-26-52(44)56/h1-36H. The Kier molecular flexibility index (Phi) is 7.53. The van der Waals surface area contributed by atoms with Crippen LogP contribution in [0.15, 0.2) is 218 Å². The van der Waals surface area contributed by atoms with E-state index in [0.717, 1.165) is 11.4 Å². The van der Waals surface area contributed by atoms with E-state index < -0.39 is 0 Å². The first-order valence-electron chi connectivity index (χ1n) is 19.3. The molecule has 262 valence electrons. The highest BCUT2D eigenvalue weighted by Crippen LogP contribution is 2.43. The summed E-state index contributed by atoms with van der Waals surface area (Å²) >= 11 is 0. The molecule has 2 heterocycles. The molecule has 2 nitrogen and oxygen atoms in total. The smallest absolute Gasteiger partial charge is 0.0542 e. The Labute approximate surface area is 325 Å². The van der Waals surface area contributed by atoms with E-state index in [1.54, 1.807) is 0 Å². The highest BCUT2D eigenvalue weighted by Gasteiger charge is 2.19. The van der Waals surface area contributed by atoms with Crippen molar-refractivity contribution in [3.8, 4) is 55.9 Å². The normalized spacial score (nSPS) is 11.6. The minimum Gasteiger partial charge on any atom is -0.309 e. The van der Waals surface area contributed by atoms with Gasteiger partial charge in [0.1, 0.15) is 0 Å². The lowest BCUT2D eigenvalue weighted by Crippen LogP contribution is -1.96. The number of aromatic nitrogens is 2. The zero-order chi connectivity index (χ0) is 37.0. The van der Waals surface area contributed by atoms with Crippen molar-refractivity contribution in [2.75, 3.05) is 0 Å². The first kappa shape index (κ1) is 32.0. The van der Waals surface area contributed by atoms with Gasteiger partial charge in [-0.2, -0.15) is 0 Å². The molecule has 0 amide bonds. The number of rotatable bonds is 6. The van der Waals surface area contributed by atoms with Crippen LogP contribution in [-0.4, -0.2) is 9.13 Å². The van der Waals surface area contributed by atoms with E-state index in [9.17, 15) is 0 Å². The van der Waals surface area contributed by atoms with Gasteiger partial charge < -0.3 is 9.13 Å². The third-order valence-electron chi connectivity index (χ3n) is 11.3. The molecule has 0 saturated heterocycles. The predicted molar refractivity (Wildman–Crippen MR) is 237 cm³/mol. The average Bonchev–Trinajstić information content (AvgIpc) is 3.79. The number of para-hydroxylation sites is 3. The quantitative estimate of drug-likeness (QED) is 0.162. The molecule has 0 bridgehead atoms. The lowest BCUT2D eigenvalue weighted by Gasteiger charge is -2.19.